The summed E-state index contributed by atoms with van der Waals surface area (Å²) in [6.07, 6.45) is 4.42. The summed E-state index contributed by atoms with van der Waals surface area (Å²) in [7, 11) is 1.76. The fourth-order valence-corrected chi connectivity index (χ4v) is 4.64. The number of likely N-dealkylation sites (N-methyl/N-ethyl adjacent to an activating group) is 1. The van der Waals surface area contributed by atoms with E-state index < -0.39 is 12.2 Å². The van der Waals surface area contributed by atoms with E-state index in [-0.39, 0.29) is 11.9 Å². The summed E-state index contributed by atoms with van der Waals surface area (Å²) in [5, 5.41) is 0. The van der Waals surface area contributed by atoms with Gasteiger partial charge in [-0.2, -0.15) is 0 Å². The number of benzene rings is 1. The average Bonchev–Trinajstić information content (AvgIpc) is 3.03. The van der Waals surface area contributed by atoms with Crippen molar-refractivity contribution in [2.75, 3.05) is 38.2 Å². The third kappa shape index (κ3) is 3.95. The Bertz CT molecular complexity index is 840. The number of urea groups is 1. The average molecular weight is 428 g/mol. The number of aliphatic imine (C=N–C) groups is 1. The lowest BCUT2D eigenvalue weighted by atomic mass is 10.1. The smallest absolute Gasteiger partial charge is 0.328 e. The van der Waals surface area contributed by atoms with Crippen LogP contribution in [0.1, 0.15) is 46.0 Å². The Labute approximate surface area is 184 Å². The third-order valence-electron chi connectivity index (χ3n) is 6.29. The van der Waals surface area contributed by atoms with Crippen LogP contribution in [0.15, 0.2) is 29.3 Å². The number of nitrogens with zero attached hydrogens (tertiary/aromatic N) is 5. The van der Waals surface area contributed by atoms with Crippen LogP contribution < -0.4 is 9.64 Å². The van der Waals surface area contributed by atoms with Crippen LogP contribution in [0, 0.1) is 0 Å². The first-order valence-electron chi connectivity index (χ1n) is 11.5. The van der Waals surface area contributed by atoms with Crippen LogP contribution in [0.25, 0.3) is 0 Å². The molecule has 0 aromatic heterocycles. The summed E-state index contributed by atoms with van der Waals surface area (Å²) in [4.78, 5) is 38.6. The van der Waals surface area contributed by atoms with E-state index in [4.69, 9.17) is 9.73 Å². The second kappa shape index (κ2) is 9.16. The number of imide groups is 1. The minimum Gasteiger partial charge on any atom is -0.494 e. The van der Waals surface area contributed by atoms with Crippen molar-refractivity contribution in [2.45, 2.75) is 58.2 Å². The number of anilines is 1. The standard InChI is InChI=1S/C23H33N5O3/c1-4-6-7-16-28-21(29)19-20(25(3)23(28)30)24-22-26(14-8-9-15-27(19)22)17-10-12-18(13-11-17)31-5-2/h10-13,19-20H,4-9,14-16H2,1-3H3. The van der Waals surface area contributed by atoms with E-state index in [2.05, 4.69) is 16.7 Å². The molecule has 3 aliphatic heterocycles. The molecular weight excluding hydrogens is 394 g/mol. The van der Waals surface area contributed by atoms with Gasteiger partial charge >= 0.3 is 6.03 Å². The first-order chi connectivity index (χ1) is 15.1. The lowest BCUT2D eigenvalue weighted by Crippen LogP contribution is -2.65. The van der Waals surface area contributed by atoms with Crippen LogP contribution in [0.4, 0.5) is 10.5 Å². The van der Waals surface area contributed by atoms with Crippen LogP contribution in [0.3, 0.4) is 0 Å². The van der Waals surface area contributed by atoms with Crippen molar-refractivity contribution < 1.29 is 14.3 Å². The summed E-state index contributed by atoms with van der Waals surface area (Å²) < 4.78 is 5.58. The Kier molecular flexibility index (Phi) is 6.34. The van der Waals surface area contributed by atoms with E-state index in [1.165, 1.54) is 4.90 Å². The number of hydrogen-bond donors (Lipinski definition) is 0. The van der Waals surface area contributed by atoms with Crippen molar-refractivity contribution in [3.8, 4) is 5.75 Å². The van der Waals surface area contributed by atoms with E-state index in [1.54, 1.807) is 11.9 Å². The minimum absolute atomic E-state index is 0.114. The predicted molar refractivity (Wildman–Crippen MR) is 120 cm³/mol. The molecule has 3 heterocycles. The molecule has 3 amide bonds. The van der Waals surface area contributed by atoms with Gasteiger partial charge < -0.3 is 19.4 Å². The molecule has 2 saturated heterocycles. The number of ether oxygens (including phenoxy) is 1. The molecule has 8 nitrogen and oxygen atoms in total. The van der Waals surface area contributed by atoms with Gasteiger partial charge in [0.1, 0.15) is 5.75 Å². The van der Waals surface area contributed by atoms with Crippen molar-refractivity contribution in [3.63, 3.8) is 0 Å². The summed E-state index contributed by atoms with van der Waals surface area (Å²) >= 11 is 0. The highest BCUT2D eigenvalue weighted by Gasteiger charge is 2.53. The van der Waals surface area contributed by atoms with Gasteiger partial charge in [-0.3, -0.25) is 9.69 Å². The summed E-state index contributed by atoms with van der Waals surface area (Å²) in [6, 6.07) is 7.32. The zero-order valence-corrected chi connectivity index (χ0v) is 18.8. The summed E-state index contributed by atoms with van der Waals surface area (Å²) in [5.41, 5.74) is 1.02. The maximum atomic E-state index is 13.4. The second-order valence-corrected chi connectivity index (χ2v) is 8.36. The highest BCUT2D eigenvalue weighted by Crippen LogP contribution is 2.33. The topological polar surface area (TPSA) is 68.7 Å². The van der Waals surface area contributed by atoms with Gasteiger partial charge in [0.05, 0.1) is 6.61 Å². The first kappa shape index (κ1) is 21.5. The molecule has 0 spiro atoms. The molecule has 4 rings (SSSR count). The Balaban J connectivity index is 1.61. The Morgan fingerprint density at radius 2 is 1.81 bits per heavy atom. The molecule has 0 radical (unpaired) electrons. The fourth-order valence-electron chi connectivity index (χ4n) is 4.64. The quantitative estimate of drug-likeness (QED) is 0.626. The zero-order valence-electron chi connectivity index (χ0n) is 18.8. The number of guanidine groups is 1. The Morgan fingerprint density at radius 1 is 1.06 bits per heavy atom. The van der Waals surface area contributed by atoms with Gasteiger partial charge in [-0.25, -0.2) is 9.79 Å². The lowest BCUT2D eigenvalue weighted by Gasteiger charge is -2.41. The van der Waals surface area contributed by atoms with Crippen molar-refractivity contribution >= 4 is 23.6 Å². The maximum Gasteiger partial charge on any atom is 0.328 e. The lowest BCUT2D eigenvalue weighted by molar-refractivity contribution is -0.137. The van der Waals surface area contributed by atoms with Crippen LogP contribution in [-0.4, -0.2) is 78.1 Å². The fraction of sp³-hybridized carbons (Fsp3) is 0.609. The maximum absolute atomic E-state index is 13.4. The highest BCUT2D eigenvalue weighted by atomic mass is 16.5. The van der Waals surface area contributed by atoms with Crippen molar-refractivity contribution in [3.05, 3.63) is 24.3 Å². The molecule has 2 unspecified atom stereocenters. The van der Waals surface area contributed by atoms with E-state index in [9.17, 15) is 9.59 Å². The molecule has 0 bridgehead atoms. The number of rotatable bonds is 7. The predicted octanol–water partition coefficient (Wildman–Crippen LogP) is 3.14. The van der Waals surface area contributed by atoms with Crippen molar-refractivity contribution in [1.29, 1.82) is 0 Å². The second-order valence-electron chi connectivity index (χ2n) is 8.36. The van der Waals surface area contributed by atoms with E-state index in [0.29, 0.717) is 13.2 Å². The van der Waals surface area contributed by atoms with Gasteiger partial charge in [0.25, 0.3) is 5.91 Å². The normalized spacial score (nSPS) is 23.5. The van der Waals surface area contributed by atoms with Crippen LogP contribution in [0.2, 0.25) is 0 Å². The van der Waals surface area contributed by atoms with Crippen LogP contribution >= 0.6 is 0 Å². The third-order valence-corrected chi connectivity index (χ3v) is 6.29. The molecule has 1 aromatic carbocycles. The monoisotopic (exact) mass is 427 g/mol. The zero-order chi connectivity index (χ0) is 22.0. The van der Waals surface area contributed by atoms with Gasteiger partial charge in [-0.1, -0.05) is 19.8 Å². The van der Waals surface area contributed by atoms with Gasteiger partial charge in [0, 0.05) is 32.4 Å². The number of fused-ring (bicyclic) bond motifs is 3. The molecule has 0 saturated carbocycles. The molecule has 0 N–H and O–H groups in total. The molecule has 8 heteroatoms. The molecule has 31 heavy (non-hydrogen) atoms. The SMILES string of the molecule is CCCCCN1C(=O)C2C(N=C3N(c4ccc(OCC)cc4)CCCCN32)N(C)C1=O. The van der Waals surface area contributed by atoms with Gasteiger partial charge in [0.2, 0.25) is 5.96 Å². The highest BCUT2D eigenvalue weighted by molar-refractivity contribution is 6.07. The largest absolute Gasteiger partial charge is 0.494 e. The first-order valence-corrected chi connectivity index (χ1v) is 11.5. The number of carbonyl (C=O) groups excluding carboxylic acids is 2. The van der Waals surface area contributed by atoms with E-state index >= 15 is 0 Å². The molecule has 168 valence electrons. The molecule has 3 aliphatic rings. The molecule has 0 aliphatic carbocycles. The van der Waals surface area contributed by atoms with E-state index in [1.807, 2.05) is 31.2 Å². The van der Waals surface area contributed by atoms with Crippen LogP contribution in [0.5, 0.6) is 5.75 Å². The van der Waals surface area contributed by atoms with Crippen molar-refractivity contribution in [1.82, 2.24) is 14.7 Å². The number of carbonyl (C=O) groups is 2. The van der Waals surface area contributed by atoms with Gasteiger partial charge in [-0.15, -0.1) is 0 Å². The summed E-state index contributed by atoms with van der Waals surface area (Å²) in [6.45, 7) is 6.79. The van der Waals surface area contributed by atoms with Crippen molar-refractivity contribution in [2.24, 2.45) is 4.99 Å². The molecule has 1 aromatic rings. The Morgan fingerprint density at radius 3 is 2.52 bits per heavy atom. The molecular formula is C23H33N5O3. The van der Waals surface area contributed by atoms with E-state index in [0.717, 1.165) is 62.6 Å². The molecule has 2 fully saturated rings. The number of unbranched alkanes of at least 4 members (excludes halogenated alkanes) is 2. The van der Waals surface area contributed by atoms with Gasteiger partial charge in [-0.05, 0) is 50.5 Å². The van der Waals surface area contributed by atoms with Crippen LogP contribution in [-0.2, 0) is 4.79 Å². The van der Waals surface area contributed by atoms with Gasteiger partial charge in [0.15, 0.2) is 12.2 Å². The molecule has 2 atom stereocenters. The minimum atomic E-state index is -0.472. The number of hydrogen-bond acceptors (Lipinski definition) is 6. The summed E-state index contributed by atoms with van der Waals surface area (Å²) in [5.74, 6) is 1.51. The Hall–Kier alpha value is -2.77. The number of amides is 3.